The third-order valence-corrected chi connectivity index (χ3v) is 2.44. The summed E-state index contributed by atoms with van der Waals surface area (Å²) in [5.41, 5.74) is -0.537. The largest absolute Gasteiger partial charge is 0.444 e. The molecule has 0 saturated carbocycles. The zero-order valence-corrected chi connectivity index (χ0v) is 11.4. The Morgan fingerprint density at radius 2 is 1.94 bits per heavy atom. The second-order valence-corrected chi connectivity index (χ2v) is 5.58. The van der Waals surface area contributed by atoms with Crippen molar-refractivity contribution in [3.63, 3.8) is 0 Å². The Hall–Kier alpha value is -0.710. The lowest BCUT2D eigenvalue weighted by molar-refractivity contribution is -0.119. The minimum Gasteiger partial charge on any atom is -0.444 e. The van der Waals surface area contributed by atoms with E-state index >= 15 is 0 Å². The van der Waals surface area contributed by atoms with Crippen molar-refractivity contribution in [3.8, 4) is 0 Å². The van der Waals surface area contributed by atoms with E-state index in [0.717, 1.165) is 5.75 Å². The highest BCUT2D eigenvalue weighted by molar-refractivity contribution is 7.98. The highest BCUT2D eigenvalue weighted by Gasteiger charge is 2.21. The Balaban J connectivity index is 4.19. The van der Waals surface area contributed by atoms with Gasteiger partial charge >= 0.3 is 6.09 Å². The molecule has 16 heavy (non-hydrogen) atoms. The number of ether oxygens (including phenoxy) is 1. The van der Waals surface area contributed by atoms with Gasteiger partial charge in [0.2, 0.25) is 0 Å². The molecule has 0 aliphatic rings. The Morgan fingerprint density at radius 3 is 2.31 bits per heavy atom. The molecule has 4 nitrogen and oxygen atoms in total. The van der Waals surface area contributed by atoms with Crippen LogP contribution in [0.5, 0.6) is 0 Å². The number of Topliss-reactive ketones (excluding diaryl/α,β-unsaturated/α-hetero) is 1. The van der Waals surface area contributed by atoms with Gasteiger partial charge in [-0.2, -0.15) is 11.8 Å². The van der Waals surface area contributed by atoms with Gasteiger partial charge in [0.05, 0.1) is 6.04 Å². The second-order valence-electron chi connectivity index (χ2n) is 4.59. The van der Waals surface area contributed by atoms with E-state index in [1.807, 2.05) is 6.26 Å². The van der Waals surface area contributed by atoms with Gasteiger partial charge in [-0.3, -0.25) is 4.79 Å². The number of carbonyl (C=O) groups is 2. The lowest BCUT2D eigenvalue weighted by Crippen LogP contribution is -2.43. The Labute approximate surface area is 101 Å². The predicted molar refractivity (Wildman–Crippen MR) is 66.8 cm³/mol. The second kappa shape index (κ2) is 6.78. The van der Waals surface area contributed by atoms with Crippen LogP contribution in [0.3, 0.4) is 0 Å². The monoisotopic (exact) mass is 247 g/mol. The molecule has 0 aliphatic heterocycles. The summed E-state index contributed by atoms with van der Waals surface area (Å²) >= 11 is 1.64. The molecule has 0 aromatic heterocycles. The summed E-state index contributed by atoms with van der Waals surface area (Å²) in [6.07, 6.45) is 2.06. The van der Waals surface area contributed by atoms with Crippen molar-refractivity contribution < 1.29 is 14.3 Å². The molecule has 0 rings (SSSR count). The van der Waals surface area contributed by atoms with Gasteiger partial charge in [0.15, 0.2) is 5.78 Å². The van der Waals surface area contributed by atoms with E-state index in [1.165, 1.54) is 6.92 Å². The van der Waals surface area contributed by atoms with Crippen LogP contribution in [0.4, 0.5) is 4.79 Å². The lowest BCUT2D eigenvalue weighted by Gasteiger charge is -2.22. The molecule has 0 unspecified atom stereocenters. The summed E-state index contributed by atoms with van der Waals surface area (Å²) in [6.45, 7) is 6.84. The summed E-state index contributed by atoms with van der Waals surface area (Å²) in [5.74, 6) is 0.792. The average molecular weight is 247 g/mol. The summed E-state index contributed by atoms with van der Waals surface area (Å²) in [5, 5.41) is 2.58. The maximum atomic E-state index is 11.4. The molecule has 0 saturated heterocycles. The van der Waals surface area contributed by atoms with Crippen molar-refractivity contribution >= 4 is 23.6 Å². The molecule has 0 heterocycles. The van der Waals surface area contributed by atoms with Gasteiger partial charge in [-0.25, -0.2) is 4.79 Å². The Bertz CT molecular complexity index is 248. The molecular weight excluding hydrogens is 226 g/mol. The molecule has 1 atom stereocenters. The Morgan fingerprint density at radius 1 is 1.38 bits per heavy atom. The lowest BCUT2D eigenvalue weighted by atomic mass is 10.1. The third-order valence-electron chi connectivity index (χ3n) is 1.79. The fourth-order valence-corrected chi connectivity index (χ4v) is 1.53. The zero-order chi connectivity index (χ0) is 12.8. The number of thioether (sulfide) groups is 1. The van der Waals surface area contributed by atoms with Gasteiger partial charge in [0.25, 0.3) is 0 Å². The standard InChI is InChI=1S/C11H21NO3S/c1-8(13)9(6-7-16-5)12-10(14)15-11(2,3)4/h9H,6-7H2,1-5H3,(H,12,14)/t9-/m0/s1. The van der Waals surface area contributed by atoms with E-state index in [1.54, 1.807) is 32.5 Å². The van der Waals surface area contributed by atoms with Gasteiger partial charge in [0.1, 0.15) is 5.60 Å². The molecule has 1 N–H and O–H groups in total. The first-order valence-corrected chi connectivity index (χ1v) is 6.64. The van der Waals surface area contributed by atoms with Crippen LogP contribution in [-0.2, 0) is 9.53 Å². The number of rotatable bonds is 5. The third kappa shape index (κ3) is 7.56. The van der Waals surface area contributed by atoms with Crippen LogP contribution in [-0.4, -0.2) is 35.5 Å². The zero-order valence-electron chi connectivity index (χ0n) is 10.6. The quantitative estimate of drug-likeness (QED) is 0.809. The van der Waals surface area contributed by atoms with Crippen LogP contribution in [0.2, 0.25) is 0 Å². The van der Waals surface area contributed by atoms with Crippen molar-refractivity contribution in [2.24, 2.45) is 0 Å². The van der Waals surface area contributed by atoms with Gasteiger partial charge in [-0.1, -0.05) is 0 Å². The van der Waals surface area contributed by atoms with E-state index < -0.39 is 17.7 Å². The van der Waals surface area contributed by atoms with Gasteiger partial charge < -0.3 is 10.1 Å². The molecule has 0 fully saturated rings. The number of ketones is 1. The normalized spacial score (nSPS) is 13.1. The molecule has 0 spiro atoms. The summed E-state index contributed by atoms with van der Waals surface area (Å²) in [4.78, 5) is 22.7. The minimum atomic E-state index is -0.537. The number of hydrogen-bond donors (Lipinski definition) is 1. The summed E-state index contributed by atoms with van der Waals surface area (Å²) in [7, 11) is 0. The fourth-order valence-electron chi connectivity index (χ4n) is 1.06. The van der Waals surface area contributed by atoms with E-state index in [-0.39, 0.29) is 5.78 Å². The molecule has 5 heteroatoms. The van der Waals surface area contributed by atoms with Crippen LogP contribution < -0.4 is 5.32 Å². The molecule has 94 valence electrons. The maximum Gasteiger partial charge on any atom is 0.408 e. The van der Waals surface area contributed by atoms with Crippen molar-refractivity contribution in [1.82, 2.24) is 5.32 Å². The molecule has 0 aliphatic carbocycles. The van der Waals surface area contributed by atoms with Crippen molar-refractivity contribution in [1.29, 1.82) is 0 Å². The smallest absolute Gasteiger partial charge is 0.408 e. The number of amides is 1. The van der Waals surface area contributed by atoms with Crippen molar-refractivity contribution in [3.05, 3.63) is 0 Å². The van der Waals surface area contributed by atoms with Crippen LogP contribution in [0.1, 0.15) is 34.1 Å². The molecule has 1 amide bonds. The van der Waals surface area contributed by atoms with Crippen LogP contribution in [0.25, 0.3) is 0 Å². The number of nitrogens with one attached hydrogen (secondary N) is 1. The van der Waals surface area contributed by atoms with Crippen LogP contribution >= 0.6 is 11.8 Å². The molecule has 0 radical (unpaired) electrons. The molecular formula is C11H21NO3S. The molecule has 0 bridgehead atoms. The molecule has 0 aromatic rings. The number of alkyl carbamates (subject to hydrolysis) is 1. The summed E-state index contributed by atoms with van der Waals surface area (Å²) in [6, 6.07) is -0.442. The van der Waals surface area contributed by atoms with Gasteiger partial charge in [0, 0.05) is 0 Å². The van der Waals surface area contributed by atoms with E-state index in [4.69, 9.17) is 4.74 Å². The van der Waals surface area contributed by atoms with E-state index in [0.29, 0.717) is 6.42 Å². The van der Waals surface area contributed by atoms with Crippen molar-refractivity contribution in [2.45, 2.75) is 45.8 Å². The first kappa shape index (κ1) is 15.3. The van der Waals surface area contributed by atoms with E-state index in [2.05, 4.69) is 5.32 Å². The summed E-state index contributed by atoms with van der Waals surface area (Å²) < 4.78 is 5.09. The van der Waals surface area contributed by atoms with E-state index in [9.17, 15) is 9.59 Å². The average Bonchev–Trinajstić information content (AvgIpc) is 2.08. The highest BCUT2D eigenvalue weighted by Crippen LogP contribution is 2.08. The SMILES string of the molecule is CSCC[C@H](NC(=O)OC(C)(C)C)C(C)=O. The number of hydrogen-bond acceptors (Lipinski definition) is 4. The fraction of sp³-hybridized carbons (Fsp3) is 0.818. The topological polar surface area (TPSA) is 55.4 Å². The Kier molecular flexibility index (Phi) is 6.48. The first-order valence-electron chi connectivity index (χ1n) is 5.25. The van der Waals surface area contributed by atoms with Gasteiger partial charge in [-0.05, 0) is 46.1 Å². The molecule has 0 aromatic carbocycles. The highest BCUT2D eigenvalue weighted by atomic mass is 32.2. The van der Waals surface area contributed by atoms with Crippen LogP contribution in [0, 0.1) is 0 Å². The minimum absolute atomic E-state index is 0.0418. The van der Waals surface area contributed by atoms with Crippen LogP contribution in [0.15, 0.2) is 0 Å². The van der Waals surface area contributed by atoms with Gasteiger partial charge in [-0.15, -0.1) is 0 Å². The van der Waals surface area contributed by atoms with Crippen molar-refractivity contribution in [2.75, 3.05) is 12.0 Å². The predicted octanol–water partition coefficient (Wildman–Crippen LogP) is 2.22. The first-order chi connectivity index (χ1) is 7.26. The maximum absolute atomic E-state index is 11.4. The number of carbonyl (C=O) groups excluding carboxylic acids is 2.